The van der Waals surface area contributed by atoms with Crippen LogP contribution in [0.15, 0.2) is 4.47 Å². The number of anilines is 1. The minimum Gasteiger partial charge on any atom is -0.369 e. The molecule has 0 bridgehead atoms. The second-order valence-electron chi connectivity index (χ2n) is 4.96. The third-order valence-electron chi connectivity index (χ3n) is 2.74. The van der Waals surface area contributed by atoms with Gasteiger partial charge in [-0.1, -0.05) is 27.2 Å². The van der Waals surface area contributed by atoms with Crippen LogP contribution in [-0.2, 0) is 12.8 Å². The Labute approximate surface area is 119 Å². The van der Waals surface area contributed by atoms with E-state index in [2.05, 4.69) is 58.9 Å². The molecule has 18 heavy (non-hydrogen) atoms. The van der Waals surface area contributed by atoms with Crippen molar-refractivity contribution in [3.8, 4) is 0 Å². The topological polar surface area (TPSA) is 37.8 Å². The first-order valence-electron chi connectivity index (χ1n) is 6.87. The number of rotatable bonds is 7. The second kappa shape index (κ2) is 7.72. The van der Waals surface area contributed by atoms with E-state index in [0.29, 0.717) is 5.92 Å². The maximum atomic E-state index is 4.68. The Morgan fingerprint density at radius 2 is 1.89 bits per heavy atom. The maximum absolute atomic E-state index is 4.68. The summed E-state index contributed by atoms with van der Waals surface area (Å²) in [7, 11) is 0. The molecule has 0 saturated heterocycles. The van der Waals surface area contributed by atoms with Crippen LogP contribution in [-0.4, -0.2) is 16.5 Å². The third kappa shape index (κ3) is 4.56. The summed E-state index contributed by atoms with van der Waals surface area (Å²) in [5.41, 5.74) is 1.13. The van der Waals surface area contributed by atoms with Crippen molar-refractivity contribution in [1.82, 2.24) is 9.97 Å². The molecule has 0 aliphatic rings. The van der Waals surface area contributed by atoms with Crippen molar-refractivity contribution in [2.24, 2.45) is 5.92 Å². The zero-order chi connectivity index (χ0) is 13.5. The van der Waals surface area contributed by atoms with Gasteiger partial charge in [-0.15, -0.1) is 0 Å². The van der Waals surface area contributed by atoms with E-state index in [0.717, 1.165) is 54.0 Å². The van der Waals surface area contributed by atoms with Gasteiger partial charge in [-0.2, -0.15) is 0 Å². The molecule has 0 amide bonds. The van der Waals surface area contributed by atoms with Gasteiger partial charge < -0.3 is 5.32 Å². The summed E-state index contributed by atoms with van der Waals surface area (Å²) in [6.45, 7) is 9.61. The fourth-order valence-corrected chi connectivity index (χ4v) is 2.28. The molecule has 0 aliphatic heterocycles. The largest absolute Gasteiger partial charge is 0.369 e. The monoisotopic (exact) mass is 313 g/mol. The molecular weight excluding hydrogens is 290 g/mol. The smallest absolute Gasteiger partial charge is 0.144 e. The van der Waals surface area contributed by atoms with E-state index in [-0.39, 0.29) is 0 Å². The van der Waals surface area contributed by atoms with Gasteiger partial charge in [-0.25, -0.2) is 9.97 Å². The van der Waals surface area contributed by atoms with Crippen LogP contribution in [0.25, 0.3) is 0 Å². The summed E-state index contributed by atoms with van der Waals surface area (Å²) in [4.78, 5) is 9.29. The molecule has 3 nitrogen and oxygen atoms in total. The van der Waals surface area contributed by atoms with Crippen molar-refractivity contribution in [2.75, 3.05) is 11.9 Å². The summed E-state index contributed by atoms with van der Waals surface area (Å²) in [5, 5.41) is 3.30. The fourth-order valence-electron chi connectivity index (χ4n) is 1.76. The zero-order valence-electron chi connectivity index (χ0n) is 11.9. The summed E-state index contributed by atoms with van der Waals surface area (Å²) >= 11 is 3.61. The number of nitrogens with zero attached hydrogens (tertiary/aromatic N) is 2. The molecule has 1 aromatic rings. The van der Waals surface area contributed by atoms with Gasteiger partial charge in [0.25, 0.3) is 0 Å². The normalized spacial score (nSPS) is 11.0. The highest BCUT2D eigenvalue weighted by Gasteiger charge is 2.11. The molecular formula is C14H24BrN3. The van der Waals surface area contributed by atoms with Crippen LogP contribution in [0.2, 0.25) is 0 Å². The Kier molecular flexibility index (Phi) is 6.61. The van der Waals surface area contributed by atoms with Crippen LogP contribution in [0.4, 0.5) is 5.82 Å². The molecule has 0 fully saturated rings. The van der Waals surface area contributed by atoms with Crippen LogP contribution in [0.5, 0.6) is 0 Å². The standard InChI is InChI=1S/C14H24BrN3/c1-5-7-11-13(15)14(16-6-2)18-12(17-11)9-8-10(3)4/h10H,5-9H2,1-4H3,(H,16,17,18). The first kappa shape index (κ1) is 15.4. The van der Waals surface area contributed by atoms with Crippen LogP contribution >= 0.6 is 15.9 Å². The van der Waals surface area contributed by atoms with Gasteiger partial charge in [-0.3, -0.25) is 0 Å². The van der Waals surface area contributed by atoms with Gasteiger partial charge in [0, 0.05) is 13.0 Å². The number of aromatic nitrogens is 2. The van der Waals surface area contributed by atoms with E-state index >= 15 is 0 Å². The molecule has 1 heterocycles. The van der Waals surface area contributed by atoms with Crippen molar-refractivity contribution in [3.05, 3.63) is 16.0 Å². The Morgan fingerprint density at radius 3 is 2.44 bits per heavy atom. The number of halogens is 1. The Hall–Kier alpha value is -0.640. The van der Waals surface area contributed by atoms with Gasteiger partial charge in [0.05, 0.1) is 10.2 Å². The van der Waals surface area contributed by atoms with Crippen molar-refractivity contribution in [3.63, 3.8) is 0 Å². The Balaban J connectivity index is 2.95. The predicted octanol–water partition coefficient (Wildman–Crippen LogP) is 4.21. The minimum atomic E-state index is 0.689. The summed E-state index contributed by atoms with van der Waals surface area (Å²) in [6.07, 6.45) is 4.19. The van der Waals surface area contributed by atoms with E-state index in [1.807, 2.05) is 0 Å². The average Bonchev–Trinajstić information content (AvgIpc) is 2.32. The van der Waals surface area contributed by atoms with Crippen molar-refractivity contribution >= 4 is 21.7 Å². The van der Waals surface area contributed by atoms with Crippen molar-refractivity contribution < 1.29 is 0 Å². The highest BCUT2D eigenvalue weighted by atomic mass is 79.9. The van der Waals surface area contributed by atoms with Gasteiger partial charge in [0.15, 0.2) is 0 Å². The lowest BCUT2D eigenvalue weighted by Crippen LogP contribution is -2.09. The lowest BCUT2D eigenvalue weighted by atomic mass is 10.1. The van der Waals surface area contributed by atoms with Crippen LogP contribution < -0.4 is 5.32 Å². The molecule has 1 N–H and O–H groups in total. The predicted molar refractivity (Wildman–Crippen MR) is 81.0 cm³/mol. The van der Waals surface area contributed by atoms with E-state index in [1.54, 1.807) is 0 Å². The average molecular weight is 314 g/mol. The molecule has 0 spiro atoms. The van der Waals surface area contributed by atoms with Gasteiger partial charge in [0.1, 0.15) is 11.6 Å². The van der Waals surface area contributed by atoms with Crippen molar-refractivity contribution in [1.29, 1.82) is 0 Å². The number of hydrogen-bond donors (Lipinski definition) is 1. The molecule has 0 radical (unpaired) electrons. The highest BCUT2D eigenvalue weighted by Crippen LogP contribution is 2.25. The van der Waals surface area contributed by atoms with Crippen molar-refractivity contribution in [2.45, 2.75) is 53.4 Å². The molecule has 1 aromatic heterocycles. The minimum absolute atomic E-state index is 0.689. The molecule has 1 rings (SSSR count). The quantitative estimate of drug-likeness (QED) is 0.819. The lowest BCUT2D eigenvalue weighted by molar-refractivity contribution is 0.573. The third-order valence-corrected chi connectivity index (χ3v) is 3.58. The molecule has 0 aromatic carbocycles. The van der Waals surface area contributed by atoms with Gasteiger partial charge in [-0.05, 0) is 41.6 Å². The molecule has 0 aliphatic carbocycles. The van der Waals surface area contributed by atoms with E-state index < -0.39 is 0 Å². The Morgan fingerprint density at radius 1 is 1.17 bits per heavy atom. The van der Waals surface area contributed by atoms with Crippen LogP contribution in [0.1, 0.15) is 52.1 Å². The summed E-state index contributed by atoms with van der Waals surface area (Å²) in [5.74, 6) is 2.59. The zero-order valence-corrected chi connectivity index (χ0v) is 13.5. The molecule has 0 unspecified atom stereocenters. The molecule has 102 valence electrons. The van der Waals surface area contributed by atoms with Crippen LogP contribution in [0, 0.1) is 5.92 Å². The van der Waals surface area contributed by atoms with Gasteiger partial charge in [0.2, 0.25) is 0 Å². The first-order chi connectivity index (χ1) is 8.58. The summed E-state index contributed by atoms with van der Waals surface area (Å²) < 4.78 is 1.03. The Bertz CT molecular complexity index is 350. The fraction of sp³-hybridized carbons (Fsp3) is 0.714. The highest BCUT2D eigenvalue weighted by molar-refractivity contribution is 9.10. The lowest BCUT2D eigenvalue weighted by Gasteiger charge is -2.12. The number of aryl methyl sites for hydroxylation is 2. The SMILES string of the molecule is CCCc1nc(CCC(C)C)nc(NCC)c1Br. The molecule has 4 heteroatoms. The van der Waals surface area contributed by atoms with E-state index in [1.165, 1.54) is 0 Å². The van der Waals surface area contributed by atoms with E-state index in [4.69, 9.17) is 0 Å². The summed E-state index contributed by atoms with van der Waals surface area (Å²) in [6, 6.07) is 0. The molecule has 0 atom stereocenters. The number of hydrogen-bond acceptors (Lipinski definition) is 3. The first-order valence-corrected chi connectivity index (χ1v) is 7.66. The van der Waals surface area contributed by atoms with E-state index in [9.17, 15) is 0 Å². The van der Waals surface area contributed by atoms with Crippen LogP contribution in [0.3, 0.4) is 0 Å². The van der Waals surface area contributed by atoms with Gasteiger partial charge >= 0.3 is 0 Å². The number of nitrogens with one attached hydrogen (secondary N) is 1. The molecule has 0 saturated carbocycles. The maximum Gasteiger partial charge on any atom is 0.144 e. The second-order valence-corrected chi connectivity index (χ2v) is 5.75.